The van der Waals surface area contributed by atoms with E-state index in [0.717, 1.165) is 12.8 Å². The van der Waals surface area contributed by atoms with Crippen LogP contribution in [0, 0.1) is 0 Å². The zero-order chi connectivity index (χ0) is 10.1. The molecule has 0 saturated carbocycles. The van der Waals surface area contributed by atoms with Gasteiger partial charge < -0.3 is 4.90 Å². The van der Waals surface area contributed by atoms with Crippen LogP contribution in [0.4, 0.5) is 0 Å². The van der Waals surface area contributed by atoms with Crippen molar-refractivity contribution >= 4 is 27.7 Å². The third-order valence-electron chi connectivity index (χ3n) is 2.50. The second-order valence-electron chi connectivity index (χ2n) is 3.43. The van der Waals surface area contributed by atoms with Gasteiger partial charge in [0.05, 0.1) is 4.83 Å². The summed E-state index contributed by atoms with van der Waals surface area (Å²) in [5, 5.41) is 0. The summed E-state index contributed by atoms with van der Waals surface area (Å²) in [6.07, 6.45) is 1.76. The number of amides is 2. The molecule has 78 valence electrons. The smallest absolute Gasteiger partial charge is 0.268 e. The highest BCUT2D eigenvalue weighted by Gasteiger charge is 2.38. The first-order valence-electron chi connectivity index (χ1n) is 4.56. The van der Waals surface area contributed by atoms with Crippen LogP contribution in [0.1, 0.15) is 12.8 Å². The SMILES string of the molecule is O=C1NOCC1N1CCCC(Br)C1=O. The van der Waals surface area contributed by atoms with E-state index in [1.165, 1.54) is 0 Å². The number of carbonyl (C=O) groups is 2. The van der Waals surface area contributed by atoms with Crippen molar-refractivity contribution in [1.29, 1.82) is 0 Å². The quantitative estimate of drug-likeness (QED) is 0.667. The molecular weight excluding hydrogens is 252 g/mol. The minimum Gasteiger partial charge on any atom is -0.327 e. The van der Waals surface area contributed by atoms with Crippen LogP contribution in [0.25, 0.3) is 0 Å². The highest BCUT2D eigenvalue weighted by atomic mass is 79.9. The second kappa shape index (κ2) is 3.86. The summed E-state index contributed by atoms with van der Waals surface area (Å²) in [7, 11) is 0. The maximum atomic E-state index is 11.7. The first-order valence-corrected chi connectivity index (χ1v) is 5.48. The van der Waals surface area contributed by atoms with E-state index in [9.17, 15) is 9.59 Å². The fraction of sp³-hybridized carbons (Fsp3) is 0.750. The Balaban J connectivity index is 2.09. The number of nitrogens with zero attached hydrogens (tertiary/aromatic N) is 1. The van der Waals surface area contributed by atoms with Crippen LogP contribution in [0.15, 0.2) is 0 Å². The van der Waals surface area contributed by atoms with E-state index in [1.54, 1.807) is 4.90 Å². The normalized spacial score (nSPS) is 33.4. The van der Waals surface area contributed by atoms with Gasteiger partial charge in [0.15, 0.2) is 0 Å². The van der Waals surface area contributed by atoms with Crippen LogP contribution < -0.4 is 5.48 Å². The molecule has 2 unspecified atom stereocenters. The average Bonchev–Trinajstić information content (AvgIpc) is 2.57. The number of hydrogen-bond donors (Lipinski definition) is 1. The van der Waals surface area contributed by atoms with E-state index < -0.39 is 6.04 Å². The number of hydroxylamine groups is 1. The number of hydrogen-bond acceptors (Lipinski definition) is 3. The van der Waals surface area contributed by atoms with Crippen LogP contribution in [0.3, 0.4) is 0 Å². The molecule has 6 heteroatoms. The Morgan fingerprint density at radius 3 is 2.93 bits per heavy atom. The lowest BCUT2D eigenvalue weighted by Gasteiger charge is -2.32. The summed E-state index contributed by atoms with van der Waals surface area (Å²) >= 11 is 3.30. The van der Waals surface area contributed by atoms with Gasteiger partial charge in [0.25, 0.3) is 5.91 Å². The van der Waals surface area contributed by atoms with Gasteiger partial charge in [0.1, 0.15) is 12.6 Å². The molecule has 2 saturated heterocycles. The second-order valence-corrected chi connectivity index (χ2v) is 4.54. The molecule has 2 rings (SSSR count). The Labute approximate surface area is 89.9 Å². The van der Waals surface area contributed by atoms with Crippen molar-refractivity contribution < 1.29 is 14.4 Å². The third-order valence-corrected chi connectivity index (χ3v) is 3.35. The summed E-state index contributed by atoms with van der Waals surface area (Å²) in [5.41, 5.74) is 2.25. The number of halogens is 1. The number of carbonyl (C=O) groups excluding carboxylic acids is 2. The van der Waals surface area contributed by atoms with Gasteiger partial charge in [0.2, 0.25) is 5.91 Å². The highest BCUT2D eigenvalue weighted by Crippen LogP contribution is 2.21. The van der Waals surface area contributed by atoms with E-state index in [0.29, 0.717) is 6.54 Å². The van der Waals surface area contributed by atoms with E-state index in [4.69, 9.17) is 4.84 Å². The van der Waals surface area contributed by atoms with Crippen molar-refractivity contribution in [2.45, 2.75) is 23.7 Å². The molecule has 0 aromatic rings. The number of nitrogens with one attached hydrogen (secondary N) is 1. The van der Waals surface area contributed by atoms with Gasteiger partial charge in [-0.2, -0.15) is 0 Å². The first kappa shape index (κ1) is 9.92. The van der Waals surface area contributed by atoms with E-state index in [1.807, 2.05) is 0 Å². The molecule has 0 spiro atoms. The van der Waals surface area contributed by atoms with Gasteiger partial charge in [-0.15, -0.1) is 0 Å². The predicted octanol–water partition coefficient (Wildman–Crippen LogP) is -0.198. The summed E-state index contributed by atoms with van der Waals surface area (Å²) in [4.78, 5) is 29.2. The van der Waals surface area contributed by atoms with Gasteiger partial charge in [-0.05, 0) is 12.8 Å². The predicted molar refractivity (Wildman–Crippen MR) is 51.5 cm³/mol. The molecule has 5 nitrogen and oxygen atoms in total. The zero-order valence-electron chi connectivity index (χ0n) is 7.53. The molecule has 0 aromatic heterocycles. The summed E-state index contributed by atoms with van der Waals surface area (Å²) in [5.74, 6) is -0.234. The molecule has 2 heterocycles. The van der Waals surface area contributed by atoms with Crippen molar-refractivity contribution in [2.75, 3.05) is 13.2 Å². The van der Waals surface area contributed by atoms with Crippen LogP contribution >= 0.6 is 15.9 Å². The number of piperidine rings is 1. The Bertz CT molecular complexity index is 271. The maximum absolute atomic E-state index is 11.7. The van der Waals surface area contributed by atoms with Crippen molar-refractivity contribution in [3.8, 4) is 0 Å². The Morgan fingerprint density at radius 2 is 2.29 bits per heavy atom. The summed E-state index contributed by atoms with van der Waals surface area (Å²) in [6.45, 7) is 0.896. The van der Waals surface area contributed by atoms with Crippen LogP contribution in [0.5, 0.6) is 0 Å². The fourth-order valence-electron chi connectivity index (χ4n) is 1.73. The molecule has 1 N–H and O–H groups in total. The van der Waals surface area contributed by atoms with Crippen molar-refractivity contribution in [1.82, 2.24) is 10.4 Å². The minimum atomic E-state index is -0.442. The lowest BCUT2D eigenvalue weighted by atomic mass is 10.1. The maximum Gasteiger partial charge on any atom is 0.268 e. The number of likely N-dealkylation sites (tertiary alicyclic amines) is 1. The Kier molecular flexibility index (Phi) is 2.73. The van der Waals surface area contributed by atoms with Crippen LogP contribution in [-0.4, -0.2) is 40.7 Å². The zero-order valence-corrected chi connectivity index (χ0v) is 9.12. The third kappa shape index (κ3) is 1.64. The Morgan fingerprint density at radius 1 is 1.50 bits per heavy atom. The molecule has 14 heavy (non-hydrogen) atoms. The fourth-order valence-corrected chi connectivity index (χ4v) is 2.32. The molecule has 2 fully saturated rings. The molecule has 0 radical (unpaired) electrons. The minimum absolute atomic E-state index is 0.0121. The van der Waals surface area contributed by atoms with Gasteiger partial charge >= 0.3 is 0 Å². The summed E-state index contributed by atoms with van der Waals surface area (Å²) < 4.78 is 0. The van der Waals surface area contributed by atoms with Crippen molar-refractivity contribution in [2.24, 2.45) is 0 Å². The van der Waals surface area contributed by atoms with Gasteiger partial charge in [-0.1, -0.05) is 15.9 Å². The molecule has 2 atom stereocenters. The van der Waals surface area contributed by atoms with E-state index >= 15 is 0 Å². The van der Waals surface area contributed by atoms with Gasteiger partial charge in [0, 0.05) is 6.54 Å². The monoisotopic (exact) mass is 262 g/mol. The molecule has 2 aliphatic heterocycles. The largest absolute Gasteiger partial charge is 0.327 e. The van der Waals surface area contributed by atoms with Gasteiger partial charge in [-0.25, -0.2) is 5.48 Å². The van der Waals surface area contributed by atoms with Crippen molar-refractivity contribution in [3.05, 3.63) is 0 Å². The molecular formula is C8H11BrN2O3. The number of rotatable bonds is 1. The topological polar surface area (TPSA) is 58.6 Å². The van der Waals surface area contributed by atoms with Crippen LogP contribution in [0.2, 0.25) is 0 Å². The van der Waals surface area contributed by atoms with E-state index in [-0.39, 0.29) is 23.2 Å². The molecule has 0 aliphatic carbocycles. The molecule has 2 aliphatic rings. The highest BCUT2D eigenvalue weighted by molar-refractivity contribution is 9.10. The average molecular weight is 263 g/mol. The van der Waals surface area contributed by atoms with Crippen molar-refractivity contribution in [3.63, 3.8) is 0 Å². The van der Waals surface area contributed by atoms with E-state index in [2.05, 4.69) is 21.4 Å². The standard InChI is InChI=1S/C8H11BrN2O3/c9-5-2-1-3-11(8(5)13)6-4-14-10-7(6)12/h5-6H,1-4H2,(H,10,12). The Hall–Kier alpha value is -0.620. The van der Waals surface area contributed by atoms with Gasteiger partial charge in [-0.3, -0.25) is 14.4 Å². The lowest BCUT2D eigenvalue weighted by molar-refractivity contribution is -0.139. The molecule has 0 aromatic carbocycles. The lowest BCUT2D eigenvalue weighted by Crippen LogP contribution is -2.51. The molecule has 0 bridgehead atoms. The molecule has 2 amide bonds. The first-order chi connectivity index (χ1) is 6.70. The summed E-state index contributed by atoms with van der Waals surface area (Å²) in [6, 6.07) is -0.442. The number of alkyl halides is 1. The van der Waals surface area contributed by atoms with Crippen LogP contribution in [-0.2, 0) is 14.4 Å².